The van der Waals surface area contributed by atoms with Crippen LogP contribution in [-0.2, 0) is 20.0 Å². The van der Waals surface area contributed by atoms with Crippen molar-refractivity contribution in [1.29, 1.82) is 0 Å². The Morgan fingerprint density at radius 2 is 1.81 bits per heavy atom. The van der Waals surface area contributed by atoms with Gasteiger partial charge in [0, 0.05) is 17.9 Å². The van der Waals surface area contributed by atoms with Crippen molar-refractivity contribution in [3.63, 3.8) is 0 Å². The lowest BCUT2D eigenvalue weighted by Crippen LogP contribution is -2.57. The summed E-state index contributed by atoms with van der Waals surface area (Å²) >= 11 is 0. The van der Waals surface area contributed by atoms with Crippen LogP contribution in [0.15, 0.2) is 35.2 Å². The highest BCUT2D eigenvalue weighted by atomic mass is 32.2. The van der Waals surface area contributed by atoms with Gasteiger partial charge in [-0.25, -0.2) is 0 Å². The molecule has 0 unspecified atom stereocenters. The summed E-state index contributed by atoms with van der Waals surface area (Å²) in [4.78, 5) is 15.3. The number of carbonyl (C=O) groups excluding carboxylic acids is 1. The maximum absolute atomic E-state index is 13.2. The summed E-state index contributed by atoms with van der Waals surface area (Å²) in [5, 5.41) is 0.0720. The molecule has 0 aliphatic carbocycles. The predicted octanol–water partition coefficient (Wildman–Crippen LogP) is 3.95. The molecule has 0 saturated carbocycles. The molecule has 0 aromatic heterocycles. The van der Waals surface area contributed by atoms with E-state index >= 15 is 0 Å². The Bertz CT molecular complexity index is 686. The van der Waals surface area contributed by atoms with Gasteiger partial charge in [0.1, 0.15) is 0 Å². The maximum atomic E-state index is 13.2. The van der Waals surface area contributed by atoms with Gasteiger partial charge in [0.15, 0.2) is 8.32 Å². The zero-order chi connectivity index (χ0) is 19.1. The minimum absolute atomic E-state index is 0.00578. The van der Waals surface area contributed by atoms with E-state index in [1.165, 1.54) is 0 Å². The number of nitrogens with zero attached hydrogens (tertiary/aromatic N) is 1. The number of carbonyl (C=O) groups is 1. The number of fused-ring (bicyclic) bond motifs is 1. The molecule has 26 heavy (non-hydrogen) atoms. The van der Waals surface area contributed by atoms with Crippen LogP contribution in [0.5, 0.6) is 0 Å². The van der Waals surface area contributed by atoms with Gasteiger partial charge in [-0.05, 0) is 43.1 Å². The number of hydrogen-bond acceptors (Lipinski definition) is 3. The van der Waals surface area contributed by atoms with Gasteiger partial charge in [-0.1, -0.05) is 39.0 Å². The largest absolute Gasteiger partial charge is 0.412 e. The molecule has 144 valence electrons. The minimum Gasteiger partial charge on any atom is -0.412 e. The second-order valence-electron chi connectivity index (χ2n) is 8.97. The summed E-state index contributed by atoms with van der Waals surface area (Å²) in [6, 6.07) is 9.58. The third-order valence-corrected chi connectivity index (χ3v) is 12.5. The Kier molecular flexibility index (Phi) is 5.48. The Hall–Kier alpha value is -0.983. The molecule has 1 aromatic rings. The zero-order valence-electron chi connectivity index (χ0n) is 16.5. The molecule has 2 aliphatic rings. The monoisotopic (exact) mass is 393 g/mol. The molecule has 0 bridgehead atoms. The lowest BCUT2D eigenvalue weighted by Gasteiger charge is -2.45. The predicted molar refractivity (Wildman–Crippen MR) is 108 cm³/mol. The molecule has 6 heteroatoms. The molecule has 0 radical (unpaired) electrons. The Morgan fingerprint density at radius 1 is 1.15 bits per heavy atom. The molecule has 2 aliphatic heterocycles. The maximum Gasteiger partial charge on any atom is 0.223 e. The first kappa shape index (κ1) is 19.8. The molecular formula is C20H31NO3SSi. The van der Waals surface area contributed by atoms with Crippen LogP contribution in [0.1, 0.15) is 40.0 Å². The highest BCUT2D eigenvalue weighted by molar-refractivity contribution is 7.85. The van der Waals surface area contributed by atoms with E-state index in [-0.39, 0.29) is 28.3 Å². The summed E-state index contributed by atoms with van der Waals surface area (Å²) in [5.41, 5.74) is 0. The van der Waals surface area contributed by atoms with E-state index in [0.29, 0.717) is 13.0 Å². The third kappa shape index (κ3) is 3.69. The summed E-state index contributed by atoms with van der Waals surface area (Å²) < 4.78 is 20.0. The van der Waals surface area contributed by atoms with Gasteiger partial charge in [-0.15, -0.1) is 0 Å². The van der Waals surface area contributed by atoms with Gasteiger partial charge in [0.25, 0.3) is 0 Å². The average Bonchev–Trinajstić information content (AvgIpc) is 3.02. The molecule has 2 fully saturated rings. The Balaban J connectivity index is 1.87. The minimum atomic E-state index is -1.95. The van der Waals surface area contributed by atoms with E-state index in [2.05, 4.69) is 33.9 Å². The number of hydrogen-bond donors (Lipinski definition) is 0. The van der Waals surface area contributed by atoms with Gasteiger partial charge in [0.05, 0.1) is 28.2 Å². The van der Waals surface area contributed by atoms with Crippen molar-refractivity contribution in [3.05, 3.63) is 30.3 Å². The number of amides is 1. The van der Waals surface area contributed by atoms with Crippen molar-refractivity contribution >= 4 is 25.0 Å². The highest BCUT2D eigenvalue weighted by Crippen LogP contribution is 2.41. The fourth-order valence-electron chi connectivity index (χ4n) is 3.74. The molecule has 1 amide bonds. The van der Waals surface area contributed by atoms with Crippen LogP contribution in [0, 0.1) is 0 Å². The molecule has 4 atom stereocenters. The summed E-state index contributed by atoms with van der Waals surface area (Å²) in [6.07, 6.45) is 2.07. The lowest BCUT2D eigenvalue weighted by molar-refractivity contribution is -0.138. The fraction of sp³-hybridized carbons (Fsp3) is 0.650. The first-order valence-electron chi connectivity index (χ1n) is 9.55. The second-order valence-corrected chi connectivity index (χ2v) is 15.4. The first-order valence-corrected chi connectivity index (χ1v) is 13.7. The van der Waals surface area contributed by atoms with Gasteiger partial charge in [-0.3, -0.25) is 9.00 Å². The normalized spacial score (nSPS) is 28.1. The van der Waals surface area contributed by atoms with Crippen LogP contribution in [0.4, 0.5) is 0 Å². The van der Waals surface area contributed by atoms with Crippen LogP contribution in [0.2, 0.25) is 18.1 Å². The highest BCUT2D eigenvalue weighted by Gasteiger charge is 2.50. The van der Waals surface area contributed by atoms with Crippen molar-refractivity contribution in [1.82, 2.24) is 4.90 Å². The number of benzene rings is 1. The third-order valence-electron chi connectivity index (χ3n) is 6.24. The topological polar surface area (TPSA) is 46.6 Å². The Morgan fingerprint density at radius 3 is 2.42 bits per heavy atom. The van der Waals surface area contributed by atoms with Gasteiger partial charge in [0.2, 0.25) is 5.91 Å². The van der Waals surface area contributed by atoms with Gasteiger partial charge >= 0.3 is 0 Å². The average molecular weight is 394 g/mol. The van der Waals surface area contributed by atoms with Crippen LogP contribution >= 0.6 is 0 Å². The van der Waals surface area contributed by atoms with E-state index in [9.17, 15) is 9.00 Å². The van der Waals surface area contributed by atoms with E-state index in [1.54, 1.807) is 0 Å². The van der Waals surface area contributed by atoms with E-state index in [0.717, 1.165) is 17.7 Å². The molecule has 2 heterocycles. The quantitative estimate of drug-likeness (QED) is 0.728. The van der Waals surface area contributed by atoms with Crippen LogP contribution in [0.3, 0.4) is 0 Å². The second kappa shape index (κ2) is 7.21. The molecule has 1 aromatic carbocycles. The van der Waals surface area contributed by atoms with Crippen molar-refractivity contribution in [3.8, 4) is 0 Å². The van der Waals surface area contributed by atoms with E-state index in [1.807, 2.05) is 35.2 Å². The fourth-order valence-corrected chi connectivity index (χ4v) is 6.78. The summed E-state index contributed by atoms with van der Waals surface area (Å²) in [5.74, 6) is 0.192. The SMILES string of the molecule is CC(C)(C)[Si](C)(C)O[C@H]1CCC(=O)N2CC[C@H]([S@@](=O)c3ccccc3)[C@H]12. The van der Waals surface area contributed by atoms with E-state index < -0.39 is 19.1 Å². The molecule has 0 N–H and O–H groups in total. The van der Waals surface area contributed by atoms with Crippen LogP contribution in [0.25, 0.3) is 0 Å². The summed E-state index contributed by atoms with van der Waals surface area (Å²) in [6.45, 7) is 11.9. The molecule has 2 saturated heterocycles. The van der Waals surface area contributed by atoms with Crippen LogP contribution < -0.4 is 0 Å². The van der Waals surface area contributed by atoms with Crippen LogP contribution in [-0.4, -0.2) is 47.3 Å². The summed E-state index contributed by atoms with van der Waals surface area (Å²) in [7, 11) is -3.08. The van der Waals surface area contributed by atoms with Gasteiger partial charge < -0.3 is 9.33 Å². The lowest BCUT2D eigenvalue weighted by atomic mass is 9.98. The molecule has 4 nitrogen and oxygen atoms in total. The van der Waals surface area contributed by atoms with Crippen molar-refractivity contribution < 1.29 is 13.4 Å². The number of piperidine rings is 1. The van der Waals surface area contributed by atoms with Crippen molar-refractivity contribution in [2.75, 3.05) is 6.54 Å². The standard InChI is InChI=1S/C20H31NO3SSi/c1-20(2,3)26(4,5)24-16-11-12-18(22)21-14-13-17(19(16)21)25(23)15-9-7-6-8-10-15/h6-10,16-17,19H,11-14H2,1-5H3/t16-,17-,19-,25-/m0/s1. The molecule has 3 rings (SSSR count). The smallest absolute Gasteiger partial charge is 0.223 e. The molecule has 0 spiro atoms. The number of rotatable bonds is 4. The zero-order valence-corrected chi connectivity index (χ0v) is 18.3. The molecular weight excluding hydrogens is 362 g/mol. The van der Waals surface area contributed by atoms with Gasteiger partial charge in [-0.2, -0.15) is 0 Å². The van der Waals surface area contributed by atoms with Crippen molar-refractivity contribution in [2.45, 2.75) is 80.5 Å². The van der Waals surface area contributed by atoms with Crippen molar-refractivity contribution in [2.24, 2.45) is 0 Å². The first-order chi connectivity index (χ1) is 12.1. The van der Waals surface area contributed by atoms with E-state index in [4.69, 9.17) is 4.43 Å². The Labute approximate surface area is 160 Å².